The third kappa shape index (κ3) is 5.47. The number of halogens is 3. The van der Waals surface area contributed by atoms with Crippen LogP contribution in [0.5, 0.6) is 0 Å². The standard InChI is InChI=1S/C8H12F3NO/c1-7(2,3)13-5-6(4-12)8(9,10)11/h6H,5H2,1-3H3. The van der Waals surface area contributed by atoms with Gasteiger partial charge < -0.3 is 4.74 Å². The van der Waals surface area contributed by atoms with Crippen molar-refractivity contribution in [3.05, 3.63) is 0 Å². The Balaban J connectivity index is 4.12. The van der Waals surface area contributed by atoms with E-state index in [9.17, 15) is 13.2 Å². The second-order valence-electron chi connectivity index (χ2n) is 3.65. The lowest BCUT2D eigenvalue weighted by Crippen LogP contribution is -2.30. The Bertz CT molecular complexity index is 199. The van der Waals surface area contributed by atoms with Gasteiger partial charge in [-0.05, 0) is 20.8 Å². The van der Waals surface area contributed by atoms with Crippen molar-refractivity contribution in [3.63, 3.8) is 0 Å². The van der Waals surface area contributed by atoms with Crippen LogP contribution < -0.4 is 0 Å². The first-order chi connectivity index (χ1) is 5.67. The smallest absolute Gasteiger partial charge is 0.374 e. The molecule has 0 heterocycles. The molecule has 0 saturated heterocycles. The molecule has 0 aromatic rings. The van der Waals surface area contributed by atoms with Crippen molar-refractivity contribution in [3.8, 4) is 6.07 Å². The van der Waals surface area contributed by atoms with Crippen molar-refractivity contribution in [1.29, 1.82) is 5.26 Å². The highest BCUT2D eigenvalue weighted by atomic mass is 19.4. The molecule has 0 amide bonds. The normalized spacial score (nSPS) is 15.2. The molecule has 0 aliphatic rings. The van der Waals surface area contributed by atoms with Crippen LogP contribution in [0.2, 0.25) is 0 Å². The second-order valence-corrected chi connectivity index (χ2v) is 3.65. The minimum atomic E-state index is -4.50. The van der Waals surface area contributed by atoms with E-state index in [-0.39, 0.29) is 0 Å². The van der Waals surface area contributed by atoms with E-state index in [1.807, 2.05) is 0 Å². The molecule has 1 unspecified atom stereocenters. The van der Waals surface area contributed by atoms with Crippen LogP contribution in [0, 0.1) is 17.2 Å². The van der Waals surface area contributed by atoms with Gasteiger partial charge in [0.2, 0.25) is 0 Å². The summed E-state index contributed by atoms with van der Waals surface area (Å²) < 4.78 is 40.8. The fourth-order valence-electron chi connectivity index (χ4n) is 0.538. The summed E-state index contributed by atoms with van der Waals surface area (Å²) in [5.74, 6) is -2.04. The molecule has 76 valence electrons. The van der Waals surface area contributed by atoms with Crippen molar-refractivity contribution < 1.29 is 17.9 Å². The predicted molar refractivity (Wildman–Crippen MR) is 40.9 cm³/mol. The van der Waals surface area contributed by atoms with Crippen molar-refractivity contribution in [2.75, 3.05) is 6.61 Å². The molecule has 0 aromatic carbocycles. The van der Waals surface area contributed by atoms with Crippen LogP contribution in [0.15, 0.2) is 0 Å². The first-order valence-corrected chi connectivity index (χ1v) is 3.77. The Morgan fingerprint density at radius 1 is 1.31 bits per heavy atom. The van der Waals surface area contributed by atoms with Crippen LogP contribution in [0.1, 0.15) is 20.8 Å². The highest BCUT2D eigenvalue weighted by Crippen LogP contribution is 2.26. The van der Waals surface area contributed by atoms with Gasteiger partial charge in [0, 0.05) is 0 Å². The monoisotopic (exact) mass is 195 g/mol. The molecule has 0 fully saturated rings. The summed E-state index contributed by atoms with van der Waals surface area (Å²) in [6, 6.07) is 1.16. The molecule has 0 rings (SSSR count). The number of nitriles is 1. The molecule has 0 aliphatic heterocycles. The predicted octanol–water partition coefficient (Wildman–Crippen LogP) is 2.50. The van der Waals surface area contributed by atoms with Crippen LogP contribution in [0.25, 0.3) is 0 Å². The number of hydrogen-bond acceptors (Lipinski definition) is 2. The maximum atomic E-state index is 12.0. The van der Waals surface area contributed by atoms with Crippen molar-refractivity contribution in [1.82, 2.24) is 0 Å². The lowest BCUT2D eigenvalue weighted by atomic mass is 10.1. The van der Waals surface area contributed by atoms with Crippen molar-refractivity contribution >= 4 is 0 Å². The largest absolute Gasteiger partial charge is 0.406 e. The zero-order valence-electron chi connectivity index (χ0n) is 7.77. The van der Waals surface area contributed by atoms with Gasteiger partial charge in [0.15, 0.2) is 5.92 Å². The number of rotatable bonds is 2. The van der Waals surface area contributed by atoms with E-state index in [0.29, 0.717) is 0 Å². The average molecular weight is 195 g/mol. The Hall–Kier alpha value is -0.760. The lowest BCUT2D eigenvalue weighted by molar-refractivity contribution is -0.180. The molecule has 0 spiro atoms. The maximum absolute atomic E-state index is 12.0. The number of nitrogens with zero attached hydrogens (tertiary/aromatic N) is 1. The summed E-state index contributed by atoms with van der Waals surface area (Å²) in [4.78, 5) is 0. The highest BCUT2D eigenvalue weighted by molar-refractivity contribution is 4.88. The van der Waals surface area contributed by atoms with Gasteiger partial charge >= 0.3 is 6.18 Å². The van der Waals surface area contributed by atoms with Gasteiger partial charge in [0.25, 0.3) is 0 Å². The molecule has 0 bridgehead atoms. The van der Waals surface area contributed by atoms with Gasteiger partial charge in [-0.2, -0.15) is 18.4 Å². The van der Waals surface area contributed by atoms with Crippen LogP contribution in [-0.4, -0.2) is 18.4 Å². The number of alkyl halides is 3. The molecule has 13 heavy (non-hydrogen) atoms. The van der Waals surface area contributed by atoms with E-state index < -0.39 is 24.3 Å². The Labute approximate surface area is 75.3 Å². The molecule has 0 radical (unpaired) electrons. The molecule has 5 heteroatoms. The lowest BCUT2D eigenvalue weighted by Gasteiger charge is -2.22. The molecule has 0 aromatic heterocycles. The summed E-state index contributed by atoms with van der Waals surface area (Å²) in [5.41, 5.74) is -0.652. The van der Waals surface area contributed by atoms with Gasteiger partial charge in [-0.25, -0.2) is 0 Å². The molecule has 2 nitrogen and oxygen atoms in total. The second kappa shape index (κ2) is 3.97. The van der Waals surface area contributed by atoms with Crippen LogP contribution in [0.4, 0.5) is 13.2 Å². The molecule has 0 aliphatic carbocycles. The van der Waals surface area contributed by atoms with Crippen LogP contribution >= 0.6 is 0 Å². The molecule has 0 saturated carbocycles. The van der Waals surface area contributed by atoms with E-state index in [1.54, 1.807) is 20.8 Å². The first-order valence-electron chi connectivity index (χ1n) is 3.77. The quantitative estimate of drug-likeness (QED) is 0.678. The maximum Gasteiger partial charge on any atom is 0.406 e. The summed E-state index contributed by atoms with van der Waals surface area (Å²) in [6.45, 7) is 4.30. The minimum absolute atomic E-state index is 0.608. The van der Waals surface area contributed by atoms with E-state index in [2.05, 4.69) is 0 Å². The van der Waals surface area contributed by atoms with Gasteiger partial charge in [-0.1, -0.05) is 0 Å². The Morgan fingerprint density at radius 3 is 2.00 bits per heavy atom. The van der Waals surface area contributed by atoms with E-state index >= 15 is 0 Å². The minimum Gasteiger partial charge on any atom is -0.374 e. The first kappa shape index (κ1) is 12.2. The molecule has 1 atom stereocenters. The van der Waals surface area contributed by atoms with Gasteiger partial charge in [0.05, 0.1) is 18.3 Å². The SMILES string of the molecule is CC(C)(C)OCC(C#N)C(F)(F)F. The summed E-state index contributed by atoms with van der Waals surface area (Å²) in [7, 11) is 0. The Morgan fingerprint density at radius 2 is 1.77 bits per heavy atom. The van der Waals surface area contributed by atoms with E-state index in [1.165, 1.54) is 0 Å². The van der Waals surface area contributed by atoms with E-state index in [0.717, 1.165) is 6.07 Å². The average Bonchev–Trinajstić information content (AvgIpc) is 1.82. The van der Waals surface area contributed by atoms with Crippen LogP contribution in [-0.2, 0) is 4.74 Å². The third-order valence-electron chi connectivity index (χ3n) is 1.23. The molecule has 0 N–H and O–H groups in total. The molecular weight excluding hydrogens is 183 g/mol. The van der Waals surface area contributed by atoms with Crippen LogP contribution in [0.3, 0.4) is 0 Å². The van der Waals surface area contributed by atoms with Crippen molar-refractivity contribution in [2.24, 2.45) is 5.92 Å². The van der Waals surface area contributed by atoms with Gasteiger partial charge in [-0.15, -0.1) is 0 Å². The molecular formula is C8H12F3NO. The van der Waals surface area contributed by atoms with Gasteiger partial charge in [-0.3, -0.25) is 0 Å². The zero-order valence-corrected chi connectivity index (χ0v) is 7.77. The summed E-state index contributed by atoms with van der Waals surface area (Å²) >= 11 is 0. The fraction of sp³-hybridized carbons (Fsp3) is 0.875. The van der Waals surface area contributed by atoms with Crippen molar-refractivity contribution in [2.45, 2.75) is 32.5 Å². The fourth-order valence-corrected chi connectivity index (χ4v) is 0.538. The topological polar surface area (TPSA) is 33.0 Å². The Kier molecular flexibility index (Phi) is 3.73. The number of ether oxygens (including phenoxy) is 1. The van der Waals surface area contributed by atoms with Gasteiger partial charge in [0.1, 0.15) is 0 Å². The zero-order chi connectivity index (χ0) is 10.7. The van der Waals surface area contributed by atoms with E-state index in [4.69, 9.17) is 10.00 Å². The summed E-state index contributed by atoms with van der Waals surface area (Å²) in [6.07, 6.45) is -4.50. The number of hydrogen-bond donors (Lipinski definition) is 0. The highest BCUT2D eigenvalue weighted by Gasteiger charge is 2.40. The summed E-state index contributed by atoms with van der Waals surface area (Å²) in [5, 5.41) is 8.21. The third-order valence-corrected chi connectivity index (χ3v) is 1.23.